The molecular formula is C22H24F3NO5. The van der Waals surface area contributed by atoms with Crippen LogP contribution in [0.5, 0.6) is 0 Å². The van der Waals surface area contributed by atoms with E-state index in [0.29, 0.717) is 16.8 Å². The molecule has 9 heteroatoms. The van der Waals surface area contributed by atoms with Crippen molar-refractivity contribution in [3.8, 4) is 0 Å². The van der Waals surface area contributed by atoms with E-state index in [1.54, 1.807) is 30.3 Å². The van der Waals surface area contributed by atoms with E-state index in [-0.39, 0.29) is 32.3 Å². The molecule has 1 aliphatic carbocycles. The molecule has 1 aromatic rings. The van der Waals surface area contributed by atoms with Crippen LogP contribution in [-0.2, 0) is 23.8 Å². The Hall–Kier alpha value is -2.55. The van der Waals surface area contributed by atoms with Crippen LogP contribution in [0.3, 0.4) is 0 Å². The molecule has 2 aliphatic heterocycles. The second-order valence-corrected chi connectivity index (χ2v) is 8.03. The van der Waals surface area contributed by atoms with Crippen LogP contribution < -0.4 is 0 Å². The van der Waals surface area contributed by atoms with Gasteiger partial charge in [0.15, 0.2) is 0 Å². The van der Waals surface area contributed by atoms with Gasteiger partial charge >= 0.3 is 18.1 Å². The normalized spacial score (nSPS) is 30.5. The number of methoxy groups -OCH3 is 2. The molecule has 0 N–H and O–H groups in total. The highest BCUT2D eigenvalue weighted by molar-refractivity contribution is 5.85. The summed E-state index contributed by atoms with van der Waals surface area (Å²) < 4.78 is 58.4. The highest BCUT2D eigenvalue weighted by atomic mass is 19.4. The van der Waals surface area contributed by atoms with Crippen molar-refractivity contribution in [2.75, 3.05) is 20.8 Å². The van der Waals surface area contributed by atoms with Gasteiger partial charge in [-0.3, -0.25) is 9.59 Å². The van der Waals surface area contributed by atoms with E-state index in [0.717, 1.165) is 0 Å². The molecule has 6 nitrogen and oxygen atoms in total. The van der Waals surface area contributed by atoms with Gasteiger partial charge in [-0.05, 0) is 30.4 Å². The smallest absolute Gasteiger partial charge is 0.436 e. The lowest BCUT2D eigenvalue weighted by molar-refractivity contribution is -0.306. The van der Waals surface area contributed by atoms with Crippen LogP contribution in [0.1, 0.15) is 37.3 Å². The average Bonchev–Trinajstić information content (AvgIpc) is 3.19. The van der Waals surface area contributed by atoms with E-state index in [4.69, 9.17) is 14.2 Å². The molecule has 2 heterocycles. The van der Waals surface area contributed by atoms with Crippen LogP contribution >= 0.6 is 0 Å². The van der Waals surface area contributed by atoms with Crippen molar-refractivity contribution in [2.45, 2.75) is 43.6 Å². The van der Waals surface area contributed by atoms with Gasteiger partial charge in [-0.15, -0.1) is 0 Å². The number of nitrogens with zero attached hydrogens (tertiary/aromatic N) is 1. The SMILES string of the molecule is COC(=O)[C@@H]1C2=C(CC[C@H]1C(=O)OC)N1[C@@H](c3ccccc3)CO[C@]1(C(F)(F)F)CC2. The second kappa shape index (κ2) is 7.85. The molecule has 4 rings (SSSR count). The minimum absolute atomic E-state index is 0.0138. The zero-order chi connectivity index (χ0) is 22.4. The predicted molar refractivity (Wildman–Crippen MR) is 102 cm³/mol. The van der Waals surface area contributed by atoms with Crippen molar-refractivity contribution in [3.63, 3.8) is 0 Å². The Morgan fingerprint density at radius 3 is 2.39 bits per heavy atom. The first-order valence-electron chi connectivity index (χ1n) is 10.2. The van der Waals surface area contributed by atoms with E-state index in [2.05, 4.69) is 0 Å². The summed E-state index contributed by atoms with van der Waals surface area (Å²) in [5, 5.41) is 0. The van der Waals surface area contributed by atoms with Crippen LogP contribution in [0.4, 0.5) is 13.2 Å². The first-order valence-corrected chi connectivity index (χ1v) is 10.2. The third-order valence-electron chi connectivity index (χ3n) is 6.63. The molecule has 0 unspecified atom stereocenters. The number of alkyl halides is 3. The highest BCUT2D eigenvalue weighted by Crippen LogP contribution is 2.57. The topological polar surface area (TPSA) is 65.1 Å². The fraction of sp³-hybridized carbons (Fsp3) is 0.545. The Morgan fingerprint density at radius 1 is 1.10 bits per heavy atom. The van der Waals surface area contributed by atoms with Gasteiger partial charge in [-0.1, -0.05) is 30.3 Å². The van der Waals surface area contributed by atoms with Crippen LogP contribution in [-0.4, -0.2) is 49.6 Å². The number of rotatable bonds is 3. The Labute approximate surface area is 177 Å². The van der Waals surface area contributed by atoms with Crippen LogP contribution in [0, 0.1) is 11.8 Å². The zero-order valence-electron chi connectivity index (χ0n) is 17.3. The van der Waals surface area contributed by atoms with Gasteiger partial charge in [0.05, 0.1) is 38.7 Å². The second-order valence-electron chi connectivity index (χ2n) is 8.03. The first-order chi connectivity index (χ1) is 14.7. The molecule has 168 valence electrons. The zero-order valence-corrected chi connectivity index (χ0v) is 17.3. The van der Waals surface area contributed by atoms with E-state index in [1.807, 2.05) is 0 Å². The molecule has 0 saturated carbocycles. The largest absolute Gasteiger partial charge is 0.469 e. The average molecular weight is 439 g/mol. The van der Waals surface area contributed by atoms with Crippen molar-refractivity contribution < 1.29 is 37.0 Å². The number of allylic oxidation sites excluding steroid dienone is 1. The Bertz CT molecular complexity index is 900. The van der Waals surface area contributed by atoms with Gasteiger partial charge in [0.25, 0.3) is 0 Å². The summed E-state index contributed by atoms with van der Waals surface area (Å²) in [5.41, 5.74) is -0.817. The van der Waals surface area contributed by atoms with Gasteiger partial charge in [-0.25, -0.2) is 0 Å². The molecule has 0 spiro atoms. The lowest BCUT2D eigenvalue weighted by Crippen LogP contribution is -2.59. The van der Waals surface area contributed by atoms with Crippen molar-refractivity contribution in [3.05, 3.63) is 47.2 Å². The molecule has 31 heavy (non-hydrogen) atoms. The van der Waals surface area contributed by atoms with Gasteiger partial charge in [0.2, 0.25) is 5.72 Å². The Morgan fingerprint density at radius 2 is 1.77 bits per heavy atom. The monoisotopic (exact) mass is 439 g/mol. The standard InChI is InChI=1S/C22H24F3NO5/c1-29-19(27)15-8-9-16-14(18(15)20(28)30-2)10-11-21(22(23,24)25)26(16)17(12-31-21)13-6-4-3-5-7-13/h3-7,15,17-18H,8-12H2,1-2H3/t15-,17-,18-,21+/m1/s1. The van der Waals surface area contributed by atoms with Crippen molar-refractivity contribution in [1.29, 1.82) is 0 Å². The van der Waals surface area contributed by atoms with Crippen LogP contribution in [0.2, 0.25) is 0 Å². The molecule has 1 saturated heterocycles. The Kier molecular flexibility index (Phi) is 5.49. The number of hydrogen-bond acceptors (Lipinski definition) is 6. The minimum Gasteiger partial charge on any atom is -0.469 e. The third kappa shape index (κ3) is 3.30. The van der Waals surface area contributed by atoms with E-state index in [9.17, 15) is 22.8 Å². The van der Waals surface area contributed by atoms with Crippen LogP contribution in [0.15, 0.2) is 41.6 Å². The number of carbonyl (C=O) groups excluding carboxylic acids is 2. The molecule has 4 atom stereocenters. The summed E-state index contributed by atoms with van der Waals surface area (Å²) in [5.74, 6) is -2.96. The van der Waals surface area contributed by atoms with Crippen molar-refractivity contribution in [2.24, 2.45) is 11.8 Å². The van der Waals surface area contributed by atoms with E-state index >= 15 is 0 Å². The number of carbonyl (C=O) groups is 2. The summed E-state index contributed by atoms with van der Waals surface area (Å²) in [6, 6.07) is 8.23. The highest BCUT2D eigenvalue weighted by Gasteiger charge is 2.67. The van der Waals surface area contributed by atoms with Crippen molar-refractivity contribution >= 4 is 11.9 Å². The van der Waals surface area contributed by atoms with Gasteiger partial charge in [0, 0.05) is 12.1 Å². The lowest BCUT2D eigenvalue weighted by atomic mass is 9.72. The first kappa shape index (κ1) is 21.7. The molecule has 1 fully saturated rings. The van der Waals surface area contributed by atoms with Gasteiger partial charge < -0.3 is 19.1 Å². The summed E-state index contributed by atoms with van der Waals surface area (Å²) in [7, 11) is 2.44. The number of hydrogen-bond donors (Lipinski definition) is 0. The molecule has 0 aromatic heterocycles. The number of halogens is 3. The van der Waals surface area contributed by atoms with E-state index in [1.165, 1.54) is 19.1 Å². The summed E-state index contributed by atoms with van der Waals surface area (Å²) in [6.07, 6.45) is -4.60. The summed E-state index contributed by atoms with van der Waals surface area (Å²) in [6.45, 7) is -0.121. The fourth-order valence-corrected chi connectivity index (χ4v) is 5.25. The van der Waals surface area contributed by atoms with Gasteiger partial charge in [0.1, 0.15) is 0 Å². The summed E-state index contributed by atoms with van der Waals surface area (Å²) in [4.78, 5) is 26.3. The van der Waals surface area contributed by atoms with Crippen LogP contribution in [0.25, 0.3) is 0 Å². The quantitative estimate of drug-likeness (QED) is 0.669. The van der Waals surface area contributed by atoms with Crippen molar-refractivity contribution in [1.82, 2.24) is 4.90 Å². The predicted octanol–water partition coefficient (Wildman–Crippen LogP) is 3.74. The maximum atomic E-state index is 14.4. The van der Waals surface area contributed by atoms with Gasteiger partial charge in [-0.2, -0.15) is 13.2 Å². The van der Waals surface area contributed by atoms with E-state index < -0.39 is 41.7 Å². The maximum absolute atomic E-state index is 14.4. The lowest BCUT2D eigenvalue weighted by Gasteiger charge is -2.50. The number of esters is 2. The fourth-order valence-electron chi connectivity index (χ4n) is 5.25. The Balaban J connectivity index is 1.86. The maximum Gasteiger partial charge on any atom is 0.436 e. The molecule has 0 bridgehead atoms. The molecule has 0 radical (unpaired) electrons. The molecule has 1 aromatic carbocycles. The molecule has 3 aliphatic rings. The molecule has 0 amide bonds. The minimum atomic E-state index is -4.63. The third-order valence-corrected chi connectivity index (χ3v) is 6.63. The summed E-state index contributed by atoms with van der Waals surface area (Å²) >= 11 is 0. The number of fused-ring (bicyclic) bond motifs is 2. The number of benzene rings is 1. The number of ether oxygens (including phenoxy) is 3. The molecular weight excluding hydrogens is 415 g/mol.